The first-order valence-electron chi connectivity index (χ1n) is 8.26. The second-order valence-electron chi connectivity index (χ2n) is 5.92. The fourth-order valence-corrected chi connectivity index (χ4v) is 3.15. The lowest BCUT2D eigenvalue weighted by atomic mass is 10.0. The Balaban J connectivity index is 1.58. The molecule has 3 heterocycles. The van der Waals surface area contributed by atoms with Crippen LogP contribution in [0.4, 0.5) is 10.2 Å². The van der Waals surface area contributed by atoms with Crippen LogP contribution in [0, 0.1) is 5.82 Å². The molecule has 0 spiro atoms. The number of aromatic amines is 1. The number of morpholine rings is 1. The maximum absolute atomic E-state index is 13.7. The smallest absolute Gasteiger partial charge is 0.182 e. The van der Waals surface area contributed by atoms with E-state index in [0.29, 0.717) is 31.2 Å². The van der Waals surface area contributed by atoms with Gasteiger partial charge in [0.15, 0.2) is 11.5 Å². The molecule has 25 heavy (non-hydrogen) atoms. The van der Waals surface area contributed by atoms with Crippen molar-refractivity contribution in [3.05, 3.63) is 48.3 Å². The summed E-state index contributed by atoms with van der Waals surface area (Å²) in [6.45, 7) is 3.58. The zero-order valence-electron chi connectivity index (χ0n) is 13.7. The monoisotopic (exact) mass is 342 g/mol. The maximum atomic E-state index is 13.7. The molecule has 0 saturated carbocycles. The van der Waals surface area contributed by atoms with E-state index in [0.717, 1.165) is 24.2 Å². The number of hydrogen-bond donors (Lipinski definition) is 2. The van der Waals surface area contributed by atoms with Gasteiger partial charge in [-0.3, -0.25) is 4.90 Å². The summed E-state index contributed by atoms with van der Waals surface area (Å²) in [7, 11) is 0. The Kier molecular flexibility index (Phi) is 4.53. The Morgan fingerprint density at radius 3 is 2.96 bits per heavy atom. The molecule has 1 aliphatic rings. The lowest BCUT2D eigenvalue weighted by Crippen LogP contribution is -2.41. The largest absolute Gasteiger partial charge is 0.379 e. The summed E-state index contributed by atoms with van der Waals surface area (Å²) >= 11 is 0. The number of anilines is 1. The van der Waals surface area contributed by atoms with Gasteiger partial charge in [0.05, 0.1) is 25.6 Å². The molecule has 4 rings (SSSR count). The number of hydrogen-bond acceptors (Lipinski definition) is 6. The molecule has 3 aromatic rings. The number of aromatic nitrogens is 4. The highest BCUT2D eigenvalue weighted by molar-refractivity contribution is 5.81. The van der Waals surface area contributed by atoms with Gasteiger partial charge in [0.2, 0.25) is 0 Å². The Hall–Kier alpha value is -2.58. The zero-order valence-corrected chi connectivity index (χ0v) is 13.7. The predicted octanol–water partition coefficient (Wildman–Crippen LogP) is 1.98. The van der Waals surface area contributed by atoms with Crippen molar-refractivity contribution in [2.24, 2.45) is 0 Å². The molecule has 0 radical (unpaired) electrons. The molecule has 0 amide bonds. The summed E-state index contributed by atoms with van der Waals surface area (Å²) in [6.07, 6.45) is 3.08. The van der Waals surface area contributed by atoms with Gasteiger partial charge in [0.1, 0.15) is 17.7 Å². The molecular formula is C17H19FN6O. The molecule has 1 atom stereocenters. The van der Waals surface area contributed by atoms with Crippen LogP contribution in [0.25, 0.3) is 11.2 Å². The zero-order chi connectivity index (χ0) is 17.1. The van der Waals surface area contributed by atoms with Gasteiger partial charge in [-0.25, -0.2) is 19.3 Å². The number of benzene rings is 1. The van der Waals surface area contributed by atoms with Gasteiger partial charge in [-0.2, -0.15) is 0 Å². The van der Waals surface area contributed by atoms with Crippen molar-refractivity contribution in [2.45, 2.75) is 6.04 Å². The Morgan fingerprint density at radius 2 is 2.12 bits per heavy atom. The number of rotatable bonds is 5. The standard InChI is InChI=1S/C17H19FN6O/c18-13-3-1-2-12(8-13)14(24-4-6-25-7-5-24)9-19-16-15-17(21-10-20-15)23-11-22-16/h1-3,8,10-11,14H,4-7,9H2,(H2,19,20,21,22,23). The summed E-state index contributed by atoms with van der Waals surface area (Å²) in [5.41, 5.74) is 2.32. The molecule has 1 aliphatic heterocycles. The van der Waals surface area contributed by atoms with Gasteiger partial charge in [-0.05, 0) is 17.7 Å². The second-order valence-corrected chi connectivity index (χ2v) is 5.92. The van der Waals surface area contributed by atoms with Gasteiger partial charge in [0.25, 0.3) is 0 Å². The summed E-state index contributed by atoms with van der Waals surface area (Å²) in [5.74, 6) is 0.464. The molecular weight excluding hydrogens is 323 g/mol. The summed E-state index contributed by atoms with van der Waals surface area (Å²) < 4.78 is 19.2. The molecule has 8 heteroatoms. The number of nitrogens with one attached hydrogen (secondary N) is 2. The lowest BCUT2D eigenvalue weighted by Gasteiger charge is -2.35. The van der Waals surface area contributed by atoms with Gasteiger partial charge >= 0.3 is 0 Å². The van der Waals surface area contributed by atoms with Crippen LogP contribution >= 0.6 is 0 Å². The van der Waals surface area contributed by atoms with E-state index in [9.17, 15) is 4.39 Å². The number of nitrogens with zero attached hydrogens (tertiary/aromatic N) is 4. The van der Waals surface area contributed by atoms with Gasteiger partial charge in [0, 0.05) is 19.6 Å². The van der Waals surface area contributed by atoms with Gasteiger partial charge in [-0.15, -0.1) is 0 Å². The van der Waals surface area contributed by atoms with Crippen LogP contribution in [0.3, 0.4) is 0 Å². The topological polar surface area (TPSA) is 79.0 Å². The average molecular weight is 342 g/mol. The van der Waals surface area contributed by atoms with Gasteiger partial charge in [-0.1, -0.05) is 12.1 Å². The molecule has 1 unspecified atom stereocenters. The van der Waals surface area contributed by atoms with Crippen LogP contribution in [0.1, 0.15) is 11.6 Å². The Bertz CT molecular complexity index is 848. The molecule has 2 aromatic heterocycles. The minimum atomic E-state index is -0.228. The van der Waals surface area contributed by atoms with E-state index in [4.69, 9.17) is 4.74 Å². The molecule has 1 aromatic carbocycles. The minimum Gasteiger partial charge on any atom is -0.379 e. The second kappa shape index (κ2) is 7.12. The van der Waals surface area contributed by atoms with Crippen molar-refractivity contribution in [1.29, 1.82) is 0 Å². The van der Waals surface area contributed by atoms with Crippen molar-refractivity contribution in [2.75, 3.05) is 38.2 Å². The lowest BCUT2D eigenvalue weighted by molar-refractivity contribution is 0.0186. The molecule has 0 aliphatic carbocycles. The fourth-order valence-electron chi connectivity index (χ4n) is 3.15. The van der Waals surface area contributed by atoms with Crippen LogP contribution in [0.2, 0.25) is 0 Å². The van der Waals surface area contributed by atoms with E-state index < -0.39 is 0 Å². The highest BCUT2D eigenvalue weighted by atomic mass is 19.1. The molecule has 7 nitrogen and oxygen atoms in total. The minimum absolute atomic E-state index is 0.0209. The maximum Gasteiger partial charge on any atom is 0.182 e. The summed E-state index contributed by atoms with van der Waals surface area (Å²) in [4.78, 5) is 17.9. The number of halogens is 1. The molecule has 1 fully saturated rings. The highest BCUT2D eigenvalue weighted by Crippen LogP contribution is 2.24. The number of H-pyrrole nitrogens is 1. The van der Waals surface area contributed by atoms with E-state index in [1.807, 2.05) is 6.07 Å². The van der Waals surface area contributed by atoms with E-state index in [-0.39, 0.29) is 11.9 Å². The molecule has 130 valence electrons. The van der Waals surface area contributed by atoms with Crippen molar-refractivity contribution < 1.29 is 9.13 Å². The van der Waals surface area contributed by atoms with Crippen molar-refractivity contribution >= 4 is 17.0 Å². The van der Waals surface area contributed by atoms with Crippen LogP contribution in [0.5, 0.6) is 0 Å². The van der Waals surface area contributed by atoms with Crippen molar-refractivity contribution in [3.8, 4) is 0 Å². The SMILES string of the molecule is Fc1cccc(C(CNc2ncnc3nc[nH]c23)N2CCOCC2)c1. The quantitative estimate of drug-likeness (QED) is 0.738. The predicted molar refractivity (Wildman–Crippen MR) is 91.7 cm³/mol. The average Bonchev–Trinajstić information content (AvgIpc) is 3.12. The number of imidazole rings is 1. The third-order valence-corrected chi connectivity index (χ3v) is 4.41. The highest BCUT2D eigenvalue weighted by Gasteiger charge is 2.23. The van der Waals surface area contributed by atoms with Crippen molar-refractivity contribution in [3.63, 3.8) is 0 Å². The fraction of sp³-hybridized carbons (Fsp3) is 0.353. The van der Waals surface area contributed by atoms with Crippen LogP contribution in [-0.4, -0.2) is 57.7 Å². The van der Waals surface area contributed by atoms with E-state index in [1.165, 1.54) is 12.4 Å². The normalized spacial score (nSPS) is 16.8. The van der Waals surface area contributed by atoms with Crippen LogP contribution < -0.4 is 5.32 Å². The van der Waals surface area contributed by atoms with Crippen molar-refractivity contribution in [1.82, 2.24) is 24.8 Å². The number of ether oxygens (including phenoxy) is 1. The third-order valence-electron chi connectivity index (χ3n) is 4.41. The van der Waals surface area contributed by atoms with Gasteiger partial charge < -0.3 is 15.0 Å². The number of fused-ring (bicyclic) bond motifs is 1. The van der Waals surface area contributed by atoms with E-state index in [2.05, 4.69) is 30.2 Å². The first kappa shape index (κ1) is 15.9. The Morgan fingerprint density at radius 1 is 1.24 bits per heavy atom. The third kappa shape index (κ3) is 3.45. The van der Waals surface area contributed by atoms with E-state index in [1.54, 1.807) is 18.5 Å². The van der Waals surface area contributed by atoms with Crippen LogP contribution in [0.15, 0.2) is 36.9 Å². The van der Waals surface area contributed by atoms with Crippen LogP contribution in [-0.2, 0) is 4.74 Å². The van der Waals surface area contributed by atoms with E-state index >= 15 is 0 Å². The first-order chi connectivity index (χ1) is 12.3. The molecule has 2 N–H and O–H groups in total. The first-order valence-corrected chi connectivity index (χ1v) is 8.26. The Labute approximate surface area is 144 Å². The molecule has 0 bridgehead atoms. The molecule has 1 saturated heterocycles. The summed E-state index contributed by atoms with van der Waals surface area (Å²) in [6, 6.07) is 6.78. The summed E-state index contributed by atoms with van der Waals surface area (Å²) in [5, 5.41) is 3.36.